The van der Waals surface area contributed by atoms with Crippen molar-refractivity contribution in [2.75, 3.05) is 20.6 Å². The van der Waals surface area contributed by atoms with Gasteiger partial charge in [-0.1, -0.05) is 40.9 Å². The standard InChI is InChI=1S/C18H15Cl3N2O2S/c1-22(2)6-5-10-9-23-17-13(10)7-11(19)8-14(17)12-3-4-15(20)16(21)18(12)26(23,24)25/h3-4,7-9H,5-6H2,1-2H3. The van der Waals surface area contributed by atoms with E-state index in [4.69, 9.17) is 34.8 Å². The summed E-state index contributed by atoms with van der Waals surface area (Å²) in [6, 6.07) is 6.88. The molecular weight excluding hydrogens is 415 g/mol. The van der Waals surface area contributed by atoms with Crippen LogP contribution < -0.4 is 0 Å². The summed E-state index contributed by atoms with van der Waals surface area (Å²) in [5, 5.41) is 1.63. The minimum Gasteiger partial charge on any atom is -0.309 e. The Morgan fingerprint density at radius 2 is 1.81 bits per heavy atom. The molecule has 0 fully saturated rings. The summed E-state index contributed by atoms with van der Waals surface area (Å²) in [5.41, 5.74) is 2.83. The van der Waals surface area contributed by atoms with Crippen molar-refractivity contribution < 1.29 is 8.42 Å². The Balaban J connectivity index is 2.11. The Hall–Kier alpha value is -1.24. The summed E-state index contributed by atoms with van der Waals surface area (Å²) in [6.07, 6.45) is 2.38. The summed E-state index contributed by atoms with van der Waals surface area (Å²) >= 11 is 18.7. The van der Waals surface area contributed by atoms with Gasteiger partial charge >= 0.3 is 0 Å². The predicted octanol–water partition coefficient (Wildman–Crippen LogP) is 4.92. The van der Waals surface area contributed by atoms with Crippen LogP contribution in [0.4, 0.5) is 0 Å². The fraction of sp³-hybridized carbons (Fsp3) is 0.222. The molecule has 0 aliphatic carbocycles. The summed E-state index contributed by atoms with van der Waals surface area (Å²) in [5.74, 6) is 0. The quantitative estimate of drug-likeness (QED) is 0.464. The average molecular weight is 430 g/mol. The molecule has 0 unspecified atom stereocenters. The summed E-state index contributed by atoms with van der Waals surface area (Å²) in [7, 11) is 0.105. The van der Waals surface area contributed by atoms with Gasteiger partial charge in [-0.05, 0) is 44.3 Å². The highest BCUT2D eigenvalue weighted by molar-refractivity contribution is 7.90. The molecule has 4 rings (SSSR count). The van der Waals surface area contributed by atoms with Crippen molar-refractivity contribution in [1.29, 1.82) is 0 Å². The maximum absolute atomic E-state index is 13.3. The number of hydrogen-bond acceptors (Lipinski definition) is 3. The lowest BCUT2D eigenvalue weighted by atomic mass is 10.0. The molecule has 0 spiro atoms. The van der Waals surface area contributed by atoms with E-state index in [9.17, 15) is 8.42 Å². The van der Waals surface area contributed by atoms with Crippen molar-refractivity contribution in [3.8, 4) is 11.1 Å². The molecule has 1 aliphatic heterocycles. The smallest absolute Gasteiger partial charge is 0.270 e. The van der Waals surface area contributed by atoms with Crippen LogP contribution >= 0.6 is 34.8 Å². The number of nitrogens with zero attached hydrogens (tertiary/aromatic N) is 2. The van der Waals surface area contributed by atoms with Crippen LogP contribution in [-0.2, 0) is 16.4 Å². The normalized spacial score (nSPS) is 14.8. The molecule has 1 aliphatic rings. The topological polar surface area (TPSA) is 42.3 Å². The van der Waals surface area contributed by atoms with Crippen LogP contribution in [0.15, 0.2) is 35.4 Å². The van der Waals surface area contributed by atoms with Gasteiger partial charge in [0.1, 0.15) is 4.90 Å². The van der Waals surface area contributed by atoms with E-state index in [2.05, 4.69) is 0 Å². The first-order chi connectivity index (χ1) is 12.2. The Morgan fingerprint density at radius 3 is 2.50 bits per heavy atom. The maximum atomic E-state index is 13.3. The first-order valence-electron chi connectivity index (χ1n) is 7.94. The lowest BCUT2D eigenvalue weighted by Crippen LogP contribution is -2.18. The molecule has 0 amide bonds. The molecule has 4 nitrogen and oxygen atoms in total. The Labute approximate surface area is 166 Å². The minimum absolute atomic E-state index is 0.0255. The van der Waals surface area contributed by atoms with E-state index in [1.54, 1.807) is 24.4 Å². The molecule has 3 aromatic rings. The van der Waals surface area contributed by atoms with Crippen molar-refractivity contribution in [1.82, 2.24) is 8.87 Å². The first kappa shape index (κ1) is 18.1. The lowest BCUT2D eigenvalue weighted by Gasteiger charge is -2.21. The monoisotopic (exact) mass is 428 g/mol. The number of hydrogen-bond donors (Lipinski definition) is 0. The minimum atomic E-state index is -3.85. The largest absolute Gasteiger partial charge is 0.309 e. The highest BCUT2D eigenvalue weighted by Crippen LogP contribution is 2.47. The number of rotatable bonds is 3. The van der Waals surface area contributed by atoms with Gasteiger partial charge in [0.05, 0.1) is 15.6 Å². The van der Waals surface area contributed by atoms with Crippen LogP contribution in [0.2, 0.25) is 15.1 Å². The van der Waals surface area contributed by atoms with Crippen molar-refractivity contribution in [2.45, 2.75) is 11.3 Å². The van der Waals surface area contributed by atoms with E-state index >= 15 is 0 Å². The molecule has 136 valence electrons. The molecule has 0 atom stereocenters. The fourth-order valence-electron chi connectivity index (χ4n) is 3.39. The third-order valence-corrected chi connectivity index (χ3v) is 7.48. The SMILES string of the molecule is CN(C)CCc1cn2c3c(cc(Cl)cc13)-c1ccc(Cl)c(Cl)c1S2(=O)=O. The molecule has 0 N–H and O–H groups in total. The van der Waals surface area contributed by atoms with Gasteiger partial charge < -0.3 is 4.90 Å². The second-order valence-electron chi connectivity index (χ2n) is 6.60. The van der Waals surface area contributed by atoms with E-state index in [1.807, 2.05) is 25.1 Å². The van der Waals surface area contributed by atoms with Crippen LogP contribution in [0, 0.1) is 0 Å². The van der Waals surface area contributed by atoms with Gasteiger partial charge in [0.15, 0.2) is 0 Å². The van der Waals surface area contributed by atoms with Gasteiger partial charge in [-0.15, -0.1) is 0 Å². The van der Waals surface area contributed by atoms with E-state index < -0.39 is 10.0 Å². The number of likely N-dealkylation sites (N-methyl/N-ethyl adjacent to an activating group) is 1. The Bertz CT molecular complexity index is 1170. The van der Waals surface area contributed by atoms with Gasteiger partial charge in [0.25, 0.3) is 10.0 Å². The molecule has 0 radical (unpaired) electrons. The molecule has 0 bridgehead atoms. The number of halogens is 3. The predicted molar refractivity (Wildman–Crippen MR) is 107 cm³/mol. The zero-order valence-electron chi connectivity index (χ0n) is 14.1. The molecule has 0 saturated heterocycles. The molecule has 8 heteroatoms. The Morgan fingerprint density at radius 1 is 1.08 bits per heavy atom. The van der Waals surface area contributed by atoms with E-state index in [0.717, 1.165) is 23.1 Å². The average Bonchev–Trinajstić information content (AvgIpc) is 2.93. The third-order valence-electron chi connectivity index (χ3n) is 4.60. The van der Waals surface area contributed by atoms with Crippen molar-refractivity contribution in [3.63, 3.8) is 0 Å². The van der Waals surface area contributed by atoms with E-state index in [-0.39, 0.29) is 14.9 Å². The van der Waals surface area contributed by atoms with E-state index in [1.165, 1.54) is 3.97 Å². The maximum Gasteiger partial charge on any atom is 0.270 e. The van der Waals surface area contributed by atoms with Crippen molar-refractivity contribution in [2.24, 2.45) is 0 Å². The number of fused-ring (bicyclic) bond motifs is 2. The summed E-state index contributed by atoms with van der Waals surface area (Å²) in [4.78, 5) is 2.08. The van der Waals surface area contributed by atoms with Gasteiger partial charge in [-0.25, -0.2) is 12.4 Å². The molecule has 2 heterocycles. The second-order valence-corrected chi connectivity index (χ2v) is 9.57. The molecular formula is C18H15Cl3N2O2S. The zero-order valence-corrected chi connectivity index (χ0v) is 17.1. The highest BCUT2D eigenvalue weighted by Gasteiger charge is 2.34. The first-order valence-corrected chi connectivity index (χ1v) is 10.5. The summed E-state index contributed by atoms with van der Waals surface area (Å²) in [6.45, 7) is 0.792. The molecule has 26 heavy (non-hydrogen) atoms. The van der Waals surface area contributed by atoms with Crippen molar-refractivity contribution >= 4 is 55.7 Å². The molecule has 0 saturated carbocycles. The van der Waals surface area contributed by atoms with Gasteiger partial charge in [-0.3, -0.25) is 0 Å². The number of aromatic nitrogens is 1. The Kier molecular flexibility index (Phi) is 4.29. The van der Waals surface area contributed by atoms with Crippen LogP contribution in [0.3, 0.4) is 0 Å². The van der Waals surface area contributed by atoms with Crippen LogP contribution in [-0.4, -0.2) is 37.9 Å². The van der Waals surface area contributed by atoms with Crippen LogP contribution in [0.25, 0.3) is 22.0 Å². The van der Waals surface area contributed by atoms with Gasteiger partial charge in [0.2, 0.25) is 0 Å². The fourth-order valence-corrected chi connectivity index (χ4v) is 5.97. The van der Waals surface area contributed by atoms with Gasteiger partial charge in [0, 0.05) is 34.3 Å². The third kappa shape index (κ3) is 2.57. The molecule has 1 aromatic heterocycles. The highest BCUT2D eigenvalue weighted by atomic mass is 35.5. The van der Waals surface area contributed by atoms with E-state index in [0.29, 0.717) is 22.5 Å². The lowest BCUT2D eigenvalue weighted by molar-refractivity contribution is 0.414. The van der Waals surface area contributed by atoms with Gasteiger partial charge in [-0.2, -0.15) is 0 Å². The molecule has 2 aromatic carbocycles. The second kappa shape index (κ2) is 6.14. The number of benzene rings is 2. The summed E-state index contributed by atoms with van der Waals surface area (Å²) < 4.78 is 27.8. The van der Waals surface area contributed by atoms with Crippen LogP contribution in [0.5, 0.6) is 0 Å². The van der Waals surface area contributed by atoms with Crippen molar-refractivity contribution in [3.05, 3.63) is 51.1 Å². The zero-order chi connectivity index (χ0) is 18.8. The van der Waals surface area contributed by atoms with Crippen LogP contribution in [0.1, 0.15) is 5.56 Å².